The predicted molar refractivity (Wildman–Crippen MR) is 76.0 cm³/mol. The highest BCUT2D eigenvalue weighted by molar-refractivity contribution is 8.00. The van der Waals surface area contributed by atoms with Crippen LogP contribution in [0.25, 0.3) is 0 Å². The molecule has 1 heterocycles. The van der Waals surface area contributed by atoms with E-state index in [1.165, 1.54) is 18.9 Å². The van der Waals surface area contributed by atoms with Crippen LogP contribution in [0.5, 0.6) is 0 Å². The van der Waals surface area contributed by atoms with Gasteiger partial charge in [-0.15, -0.1) is 11.8 Å². The van der Waals surface area contributed by atoms with Crippen LogP contribution < -0.4 is 5.32 Å². The average molecular weight is 293 g/mol. The number of methoxy groups -OCH3 is 1. The highest BCUT2D eigenvalue weighted by atomic mass is 32.2. The summed E-state index contributed by atoms with van der Waals surface area (Å²) in [5.74, 6) is -0.619. The lowest BCUT2D eigenvalue weighted by molar-refractivity contribution is -0.140. The number of fused-ring (bicyclic) bond motifs is 1. The molecule has 1 aromatic rings. The summed E-state index contributed by atoms with van der Waals surface area (Å²) in [5.41, 5.74) is 1.14. The van der Waals surface area contributed by atoms with Crippen LogP contribution in [-0.4, -0.2) is 30.0 Å². The highest BCUT2D eigenvalue weighted by Gasteiger charge is 2.23. The first kappa shape index (κ1) is 14.6. The summed E-state index contributed by atoms with van der Waals surface area (Å²) < 4.78 is 4.50. The van der Waals surface area contributed by atoms with Gasteiger partial charge in [-0.1, -0.05) is 6.07 Å². The minimum absolute atomic E-state index is 0.0601. The number of anilines is 1. The maximum atomic E-state index is 12.0. The molecular formula is C14H15NO4S. The van der Waals surface area contributed by atoms with E-state index in [-0.39, 0.29) is 29.8 Å². The Labute approximate surface area is 121 Å². The zero-order chi connectivity index (χ0) is 14.7. The fraction of sp³-hybridized carbons (Fsp3) is 0.357. The molecule has 1 aliphatic heterocycles. The van der Waals surface area contributed by atoms with Crippen molar-refractivity contribution in [3.05, 3.63) is 23.8 Å². The molecule has 6 heteroatoms. The van der Waals surface area contributed by atoms with Gasteiger partial charge < -0.3 is 10.1 Å². The van der Waals surface area contributed by atoms with Crippen LogP contribution in [0.4, 0.5) is 5.69 Å². The molecule has 106 valence electrons. The Kier molecular flexibility index (Phi) is 4.44. The second-order valence-corrected chi connectivity index (χ2v) is 5.84. The zero-order valence-electron chi connectivity index (χ0n) is 11.3. The van der Waals surface area contributed by atoms with E-state index in [2.05, 4.69) is 10.1 Å². The largest absolute Gasteiger partial charge is 0.469 e. The summed E-state index contributed by atoms with van der Waals surface area (Å²) in [6.07, 6.45) is 0.160. The number of amides is 1. The molecule has 0 saturated heterocycles. The number of ether oxygens (including phenoxy) is 1. The van der Waals surface area contributed by atoms with Crippen LogP contribution in [0.2, 0.25) is 0 Å². The number of hydrogen-bond acceptors (Lipinski definition) is 5. The molecule has 0 bridgehead atoms. The van der Waals surface area contributed by atoms with Crippen LogP contribution in [0, 0.1) is 0 Å². The average Bonchev–Trinajstić information content (AvgIpc) is 2.45. The van der Waals surface area contributed by atoms with Crippen LogP contribution in [0.3, 0.4) is 0 Å². The second kappa shape index (κ2) is 6.09. The Morgan fingerprint density at radius 3 is 2.80 bits per heavy atom. The van der Waals surface area contributed by atoms with Gasteiger partial charge in [0, 0.05) is 16.9 Å². The standard InChI is InChI=1S/C14H15NO4S/c1-8-14(18)15-10-7-9(3-5-12(10)20-8)11(16)4-6-13(17)19-2/h3,5,7-8H,4,6H2,1-2H3,(H,15,18). The molecule has 1 amide bonds. The third kappa shape index (κ3) is 3.19. The summed E-state index contributed by atoms with van der Waals surface area (Å²) in [4.78, 5) is 35.6. The lowest BCUT2D eigenvalue weighted by Crippen LogP contribution is -2.26. The molecule has 0 aromatic heterocycles. The van der Waals surface area contributed by atoms with Gasteiger partial charge >= 0.3 is 5.97 Å². The number of carbonyl (C=O) groups is 3. The SMILES string of the molecule is COC(=O)CCC(=O)c1ccc2c(c1)NC(=O)C(C)S2. The Morgan fingerprint density at radius 1 is 1.35 bits per heavy atom. The number of thioether (sulfide) groups is 1. The van der Waals surface area contributed by atoms with Crippen molar-refractivity contribution in [3.63, 3.8) is 0 Å². The maximum absolute atomic E-state index is 12.0. The molecule has 0 radical (unpaired) electrons. The smallest absolute Gasteiger partial charge is 0.305 e. The molecule has 0 aliphatic carbocycles. The van der Waals surface area contributed by atoms with Crippen LogP contribution in [-0.2, 0) is 14.3 Å². The van der Waals surface area contributed by atoms with Crippen molar-refractivity contribution in [1.82, 2.24) is 0 Å². The fourth-order valence-electron chi connectivity index (χ4n) is 1.84. The normalized spacial score (nSPS) is 17.1. The molecule has 0 saturated carbocycles. The number of Topliss-reactive ketones (excluding diaryl/α,β-unsaturated/α-hetero) is 1. The summed E-state index contributed by atoms with van der Waals surface area (Å²) in [7, 11) is 1.29. The van der Waals surface area contributed by atoms with Gasteiger partial charge in [0.1, 0.15) is 0 Å². The molecule has 5 nitrogen and oxygen atoms in total. The van der Waals surface area contributed by atoms with Gasteiger partial charge in [-0.3, -0.25) is 14.4 Å². The molecule has 0 spiro atoms. The first-order valence-corrected chi connectivity index (χ1v) is 7.11. The quantitative estimate of drug-likeness (QED) is 0.681. The van der Waals surface area contributed by atoms with E-state index in [1.807, 2.05) is 13.0 Å². The molecule has 20 heavy (non-hydrogen) atoms. The lowest BCUT2D eigenvalue weighted by Gasteiger charge is -2.21. The van der Waals surface area contributed by atoms with E-state index in [0.717, 1.165) is 4.90 Å². The Bertz CT molecular complexity index is 570. The molecule has 2 rings (SSSR count). The number of ketones is 1. The zero-order valence-corrected chi connectivity index (χ0v) is 12.1. The summed E-state index contributed by atoms with van der Waals surface area (Å²) in [6.45, 7) is 1.83. The van der Waals surface area contributed by atoms with E-state index in [1.54, 1.807) is 12.1 Å². The van der Waals surface area contributed by atoms with Crippen molar-refractivity contribution in [1.29, 1.82) is 0 Å². The molecular weight excluding hydrogens is 278 g/mol. The Morgan fingerprint density at radius 2 is 2.10 bits per heavy atom. The van der Waals surface area contributed by atoms with Gasteiger partial charge in [0.05, 0.1) is 24.5 Å². The monoisotopic (exact) mass is 293 g/mol. The van der Waals surface area contributed by atoms with Gasteiger partial charge in [-0.25, -0.2) is 0 Å². The fourth-order valence-corrected chi connectivity index (χ4v) is 2.77. The van der Waals surface area contributed by atoms with E-state index >= 15 is 0 Å². The topological polar surface area (TPSA) is 72.5 Å². The van der Waals surface area contributed by atoms with Crippen LogP contribution >= 0.6 is 11.8 Å². The Balaban J connectivity index is 2.11. The van der Waals surface area contributed by atoms with Crippen molar-refractivity contribution in [2.24, 2.45) is 0 Å². The Hall–Kier alpha value is -1.82. The van der Waals surface area contributed by atoms with Gasteiger partial charge in [-0.05, 0) is 19.1 Å². The van der Waals surface area contributed by atoms with E-state index < -0.39 is 5.97 Å². The number of nitrogens with one attached hydrogen (secondary N) is 1. The second-order valence-electron chi connectivity index (χ2n) is 4.46. The van der Waals surface area contributed by atoms with E-state index in [4.69, 9.17) is 0 Å². The van der Waals surface area contributed by atoms with E-state index in [9.17, 15) is 14.4 Å². The van der Waals surface area contributed by atoms with Crippen molar-refractivity contribution in [2.45, 2.75) is 29.9 Å². The van der Waals surface area contributed by atoms with Gasteiger partial charge in [-0.2, -0.15) is 0 Å². The van der Waals surface area contributed by atoms with Gasteiger partial charge in [0.2, 0.25) is 5.91 Å². The third-order valence-corrected chi connectivity index (χ3v) is 4.19. The lowest BCUT2D eigenvalue weighted by atomic mass is 10.1. The maximum Gasteiger partial charge on any atom is 0.305 e. The van der Waals surface area contributed by atoms with Crippen LogP contribution in [0.1, 0.15) is 30.1 Å². The summed E-state index contributed by atoms with van der Waals surface area (Å²) in [5, 5.41) is 2.64. The van der Waals surface area contributed by atoms with Gasteiger partial charge in [0.15, 0.2) is 5.78 Å². The van der Waals surface area contributed by atoms with Crippen LogP contribution in [0.15, 0.2) is 23.1 Å². The van der Waals surface area contributed by atoms with E-state index in [0.29, 0.717) is 11.3 Å². The number of esters is 1. The summed E-state index contributed by atoms with van der Waals surface area (Å²) >= 11 is 1.46. The van der Waals surface area contributed by atoms with Gasteiger partial charge in [0.25, 0.3) is 0 Å². The van der Waals surface area contributed by atoms with Crippen molar-refractivity contribution >= 4 is 35.1 Å². The third-order valence-electron chi connectivity index (χ3n) is 3.02. The molecule has 1 aromatic carbocycles. The molecule has 1 N–H and O–H groups in total. The molecule has 1 atom stereocenters. The van der Waals surface area contributed by atoms with Crippen molar-refractivity contribution in [3.8, 4) is 0 Å². The number of hydrogen-bond donors (Lipinski definition) is 1. The minimum atomic E-state index is -0.408. The first-order valence-electron chi connectivity index (χ1n) is 6.23. The predicted octanol–water partition coefficient (Wildman–Crippen LogP) is 2.26. The number of rotatable bonds is 4. The molecule has 1 unspecified atom stereocenters. The minimum Gasteiger partial charge on any atom is -0.469 e. The molecule has 0 fully saturated rings. The van der Waals surface area contributed by atoms with Crippen molar-refractivity contribution in [2.75, 3.05) is 12.4 Å². The summed E-state index contributed by atoms with van der Waals surface area (Å²) in [6, 6.07) is 5.20. The highest BCUT2D eigenvalue weighted by Crippen LogP contribution is 2.36. The number of benzene rings is 1. The number of carbonyl (C=O) groups excluding carboxylic acids is 3. The molecule has 1 aliphatic rings. The first-order chi connectivity index (χ1) is 9.51. The van der Waals surface area contributed by atoms with Crippen molar-refractivity contribution < 1.29 is 19.1 Å².